The summed E-state index contributed by atoms with van der Waals surface area (Å²) in [5, 5.41) is 10.1. The lowest BCUT2D eigenvalue weighted by atomic mass is 10.0. The van der Waals surface area contributed by atoms with E-state index < -0.39 is 5.97 Å². The third kappa shape index (κ3) is 2.21. The Morgan fingerprint density at radius 2 is 2.11 bits per heavy atom. The monoisotopic (exact) mass is 243 g/mol. The fourth-order valence-electron chi connectivity index (χ4n) is 2.21. The molecule has 0 aliphatic carbocycles. The summed E-state index contributed by atoms with van der Waals surface area (Å²) >= 11 is 0. The van der Waals surface area contributed by atoms with E-state index in [9.17, 15) is 9.90 Å². The Kier molecular flexibility index (Phi) is 3.60. The fraction of sp³-hybridized carbons (Fsp3) is 0.333. The van der Waals surface area contributed by atoms with Crippen molar-refractivity contribution in [2.24, 2.45) is 0 Å². The first kappa shape index (κ1) is 12.6. The maximum atomic E-state index is 11.2. The summed E-state index contributed by atoms with van der Waals surface area (Å²) in [4.78, 5) is 15.8. The molecule has 3 heteroatoms. The topological polar surface area (TPSA) is 50.2 Å². The lowest BCUT2D eigenvalue weighted by Gasteiger charge is -2.09. The third-order valence-corrected chi connectivity index (χ3v) is 3.11. The Hall–Kier alpha value is -1.90. The molecule has 0 radical (unpaired) electrons. The van der Waals surface area contributed by atoms with E-state index in [2.05, 4.69) is 24.9 Å². The Balaban J connectivity index is 2.71. The van der Waals surface area contributed by atoms with Gasteiger partial charge in [-0.25, -0.2) is 4.79 Å². The van der Waals surface area contributed by atoms with Crippen molar-refractivity contribution in [2.75, 3.05) is 0 Å². The number of aryl methyl sites for hydroxylation is 2. The summed E-state index contributed by atoms with van der Waals surface area (Å²) in [6.45, 7) is 4.21. The number of para-hydroxylation sites is 1. The molecular formula is C15H17NO2. The van der Waals surface area contributed by atoms with E-state index in [1.165, 1.54) is 5.56 Å². The number of rotatable bonds is 4. The van der Waals surface area contributed by atoms with Crippen molar-refractivity contribution in [1.82, 2.24) is 4.98 Å². The molecule has 1 aromatic carbocycles. The quantitative estimate of drug-likeness (QED) is 0.894. The lowest BCUT2D eigenvalue weighted by Crippen LogP contribution is -2.03. The van der Waals surface area contributed by atoms with Crippen molar-refractivity contribution >= 4 is 16.9 Å². The second-order valence-corrected chi connectivity index (χ2v) is 4.38. The Morgan fingerprint density at radius 3 is 2.72 bits per heavy atom. The average molecular weight is 243 g/mol. The average Bonchev–Trinajstić information content (AvgIpc) is 2.37. The second kappa shape index (κ2) is 5.17. The van der Waals surface area contributed by atoms with Gasteiger partial charge < -0.3 is 5.11 Å². The van der Waals surface area contributed by atoms with E-state index in [4.69, 9.17) is 0 Å². The smallest absolute Gasteiger partial charge is 0.337 e. The van der Waals surface area contributed by atoms with Gasteiger partial charge in [-0.15, -0.1) is 0 Å². The largest absolute Gasteiger partial charge is 0.478 e. The molecular weight excluding hydrogens is 226 g/mol. The van der Waals surface area contributed by atoms with E-state index in [-0.39, 0.29) is 5.56 Å². The summed E-state index contributed by atoms with van der Waals surface area (Å²) in [5.41, 5.74) is 3.13. The first-order valence-corrected chi connectivity index (χ1v) is 6.32. The zero-order valence-corrected chi connectivity index (χ0v) is 10.7. The van der Waals surface area contributed by atoms with Crippen LogP contribution in [-0.4, -0.2) is 16.1 Å². The molecule has 0 saturated carbocycles. The van der Waals surface area contributed by atoms with E-state index in [1.54, 1.807) is 12.1 Å². The van der Waals surface area contributed by atoms with Crippen LogP contribution >= 0.6 is 0 Å². The third-order valence-electron chi connectivity index (χ3n) is 3.11. The van der Waals surface area contributed by atoms with Gasteiger partial charge in [0.2, 0.25) is 0 Å². The summed E-state index contributed by atoms with van der Waals surface area (Å²) in [6, 6.07) is 7.37. The van der Waals surface area contributed by atoms with Crippen molar-refractivity contribution in [3.05, 3.63) is 41.1 Å². The maximum Gasteiger partial charge on any atom is 0.337 e. The second-order valence-electron chi connectivity index (χ2n) is 4.38. The van der Waals surface area contributed by atoms with Crippen LogP contribution in [0.3, 0.4) is 0 Å². The van der Waals surface area contributed by atoms with Crippen LogP contribution in [0.25, 0.3) is 10.9 Å². The van der Waals surface area contributed by atoms with Crippen molar-refractivity contribution in [1.29, 1.82) is 0 Å². The number of hydrogen-bond donors (Lipinski definition) is 1. The van der Waals surface area contributed by atoms with Gasteiger partial charge in [0.25, 0.3) is 0 Å². The maximum absolute atomic E-state index is 11.2. The molecule has 3 nitrogen and oxygen atoms in total. The summed E-state index contributed by atoms with van der Waals surface area (Å²) in [5.74, 6) is -0.917. The van der Waals surface area contributed by atoms with Crippen molar-refractivity contribution in [2.45, 2.75) is 33.1 Å². The number of aromatic nitrogens is 1. The number of pyridine rings is 1. The Labute approximate surface area is 106 Å². The Bertz CT molecular complexity index is 590. The number of carboxylic acid groups (broad SMARTS) is 1. The van der Waals surface area contributed by atoms with Gasteiger partial charge in [0, 0.05) is 11.1 Å². The first-order chi connectivity index (χ1) is 8.67. The molecule has 94 valence electrons. The molecule has 2 aromatic rings. The highest BCUT2D eigenvalue weighted by atomic mass is 16.4. The Morgan fingerprint density at radius 1 is 1.33 bits per heavy atom. The minimum Gasteiger partial charge on any atom is -0.478 e. The predicted molar refractivity (Wildman–Crippen MR) is 72.1 cm³/mol. The molecule has 0 fully saturated rings. The molecule has 0 unspecified atom stereocenters. The molecule has 0 aliphatic rings. The molecule has 18 heavy (non-hydrogen) atoms. The van der Waals surface area contributed by atoms with Gasteiger partial charge >= 0.3 is 5.97 Å². The van der Waals surface area contributed by atoms with Gasteiger partial charge in [0.15, 0.2) is 0 Å². The molecule has 0 atom stereocenters. The van der Waals surface area contributed by atoms with Gasteiger partial charge in [-0.1, -0.05) is 32.4 Å². The van der Waals surface area contributed by atoms with Gasteiger partial charge in [-0.2, -0.15) is 0 Å². The number of fused-ring (bicyclic) bond motifs is 1. The summed E-state index contributed by atoms with van der Waals surface area (Å²) in [6.07, 6.45) is 2.84. The predicted octanol–water partition coefficient (Wildman–Crippen LogP) is 3.45. The zero-order valence-electron chi connectivity index (χ0n) is 10.7. The standard InChI is InChI=1S/C15H17NO2/c1-3-6-13-10(4-2)9-11-7-5-8-12(15(17)18)14(11)16-13/h5,7-9H,3-4,6H2,1-2H3,(H,17,18). The van der Waals surface area contributed by atoms with E-state index in [1.807, 2.05) is 6.07 Å². The zero-order chi connectivity index (χ0) is 13.1. The molecule has 0 amide bonds. The summed E-state index contributed by atoms with van der Waals surface area (Å²) < 4.78 is 0. The van der Waals surface area contributed by atoms with Crippen LogP contribution in [0.15, 0.2) is 24.3 Å². The van der Waals surface area contributed by atoms with Crippen LogP contribution in [0.2, 0.25) is 0 Å². The molecule has 0 aliphatic heterocycles. The number of carbonyl (C=O) groups is 1. The van der Waals surface area contributed by atoms with Crippen LogP contribution < -0.4 is 0 Å². The molecule has 1 heterocycles. The highest BCUT2D eigenvalue weighted by molar-refractivity contribution is 6.01. The number of benzene rings is 1. The minimum atomic E-state index is -0.917. The van der Waals surface area contributed by atoms with Crippen molar-refractivity contribution < 1.29 is 9.90 Å². The minimum absolute atomic E-state index is 0.285. The first-order valence-electron chi connectivity index (χ1n) is 6.32. The van der Waals surface area contributed by atoms with Crippen LogP contribution in [0.1, 0.15) is 41.9 Å². The number of carboxylic acids is 1. The molecule has 0 spiro atoms. The molecule has 2 rings (SSSR count). The van der Waals surface area contributed by atoms with Crippen LogP contribution in [0.5, 0.6) is 0 Å². The highest BCUT2D eigenvalue weighted by Gasteiger charge is 2.12. The van der Waals surface area contributed by atoms with Crippen LogP contribution in [0, 0.1) is 0 Å². The molecule has 0 bridgehead atoms. The van der Waals surface area contributed by atoms with Crippen LogP contribution in [0.4, 0.5) is 0 Å². The van der Waals surface area contributed by atoms with Gasteiger partial charge in [0.05, 0.1) is 11.1 Å². The van der Waals surface area contributed by atoms with Crippen molar-refractivity contribution in [3.63, 3.8) is 0 Å². The molecule has 1 N–H and O–H groups in total. The van der Waals surface area contributed by atoms with E-state index >= 15 is 0 Å². The van der Waals surface area contributed by atoms with Gasteiger partial charge in [-0.3, -0.25) is 4.98 Å². The number of nitrogens with zero attached hydrogens (tertiary/aromatic N) is 1. The normalized spacial score (nSPS) is 10.8. The van der Waals surface area contributed by atoms with Gasteiger partial charge in [0.1, 0.15) is 0 Å². The van der Waals surface area contributed by atoms with Crippen LogP contribution in [-0.2, 0) is 12.8 Å². The van der Waals surface area contributed by atoms with E-state index in [0.29, 0.717) is 5.52 Å². The highest BCUT2D eigenvalue weighted by Crippen LogP contribution is 2.21. The summed E-state index contributed by atoms with van der Waals surface area (Å²) in [7, 11) is 0. The SMILES string of the molecule is CCCc1nc2c(C(=O)O)cccc2cc1CC. The number of aromatic carboxylic acids is 1. The number of hydrogen-bond acceptors (Lipinski definition) is 2. The lowest BCUT2D eigenvalue weighted by molar-refractivity contribution is 0.0699. The van der Waals surface area contributed by atoms with E-state index in [0.717, 1.165) is 30.3 Å². The molecule has 0 saturated heterocycles. The van der Waals surface area contributed by atoms with Crippen molar-refractivity contribution in [3.8, 4) is 0 Å². The molecule has 1 aromatic heterocycles. The van der Waals surface area contributed by atoms with Gasteiger partial charge in [-0.05, 0) is 30.5 Å². The fourth-order valence-corrected chi connectivity index (χ4v) is 2.21.